The van der Waals surface area contributed by atoms with Gasteiger partial charge in [-0.1, -0.05) is 18.2 Å². The molecule has 0 aliphatic carbocycles. The summed E-state index contributed by atoms with van der Waals surface area (Å²) in [6.45, 7) is 0. The van der Waals surface area contributed by atoms with Gasteiger partial charge < -0.3 is 10.0 Å². The molecule has 0 saturated carbocycles. The molecule has 0 saturated heterocycles. The molecule has 0 bridgehead atoms. The Hall–Kier alpha value is -1.86. The van der Waals surface area contributed by atoms with E-state index in [2.05, 4.69) is 4.98 Å². The lowest BCUT2D eigenvalue weighted by atomic mass is 9.77. The third-order valence-corrected chi connectivity index (χ3v) is 2.58. The summed E-state index contributed by atoms with van der Waals surface area (Å²) in [5.41, 5.74) is -0.460. The Kier molecular flexibility index (Phi) is 3.59. The highest BCUT2D eigenvalue weighted by molar-refractivity contribution is 6.60. The summed E-state index contributed by atoms with van der Waals surface area (Å²) in [5, 5.41) is 18.4. The van der Waals surface area contributed by atoms with Crippen LogP contribution in [0.3, 0.4) is 0 Å². The van der Waals surface area contributed by atoms with Gasteiger partial charge in [-0.2, -0.15) is 13.2 Å². The van der Waals surface area contributed by atoms with Crippen molar-refractivity contribution < 1.29 is 23.2 Å². The minimum atomic E-state index is -4.46. The fourth-order valence-corrected chi connectivity index (χ4v) is 1.71. The molecular weight excluding hydrogens is 258 g/mol. The van der Waals surface area contributed by atoms with Crippen molar-refractivity contribution in [2.24, 2.45) is 0 Å². The van der Waals surface area contributed by atoms with Crippen LogP contribution in [0.1, 0.15) is 5.56 Å². The van der Waals surface area contributed by atoms with Crippen molar-refractivity contribution in [1.82, 2.24) is 4.98 Å². The van der Waals surface area contributed by atoms with E-state index in [9.17, 15) is 23.2 Å². The van der Waals surface area contributed by atoms with Crippen LogP contribution in [0.25, 0.3) is 11.3 Å². The molecule has 1 aromatic heterocycles. The summed E-state index contributed by atoms with van der Waals surface area (Å²) in [5.74, 6) is 0. The first-order valence-corrected chi connectivity index (χ1v) is 5.38. The van der Waals surface area contributed by atoms with Crippen LogP contribution in [-0.2, 0) is 6.18 Å². The molecule has 19 heavy (non-hydrogen) atoms. The van der Waals surface area contributed by atoms with Crippen molar-refractivity contribution in [2.75, 3.05) is 0 Å². The number of halogens is 3. The lowest BCUT2D eigenvalue weighted by Gasteiger charge is -2.11. The van der Waals surface area contributed by atoms with E-state index in [-0.39, 0.29) is 16.7 Å². The van der Waals surface area contributed by atoms with Crippen LogP contribution in [0.15, 0.2) is 42.6 Å². The van der Waals surface area contributed by atoms with Crippen LogP contribution in [0.5, 0.6) is 0 Å². The fraction of sp³-hybridized carbons (Fsp3) is 0.0833. The SMILES string of the molecule is OB(O)c1cccnc1-c1cccc(C(F)(F)F)c1. The molecule has 1 heterocycles. The zero-order valence-corrected chi connectivity index (χ0v) is 9.59. The summed E-state index contributed by atoms with van der Waals surface area (Å²) < 4.78 is 37.9. The number of rotatable bonds is 2. The van der Waals surface area contributed by atoms with E-state index in [1.165, 1.54) is 30.5 Å². The summed E-state index contributed by atoms with van der Waals surface area (Å²) >= 11 is 0. The first-order chi connectivity index (χ1) is 8.89. The predicted octanol–water partition coefficient (Wildman–Crippen LogP) is 1.45. The zero-order valence-electron chi connectivity index (χ0n) is 9.59. The second kappa shape index (κ2) is 5.03. The maximum atomic E-state index is 12.6. The van der Waals surface area contributed by atoms with Crippen LogP contribution in [0.2, 0.25) is 0 Å². The highest BCUT2D eigenvalue weighted by atomic mass is 19.4. The molecule has 2 aromatic rings. The number of hydrogen-bond acceptors (Lipinski definition) is 3. The van der Waals surface area contributed by atoms with E-state index in [4.69, 9.17) is 0 Å². The lowest BCUT2D eigenvalue weighted by Crippen LogP contribution is -2.32. The van der Waals surface area contributed by atoms with Crippen molar-refractivity contribution >= 4 is 12.6 Å². The van der Waals surface area contributed by atoms with Crippen molar-refractivity contribution in [3.8, 4) is 11.3 Å². The average molecular weight is 267 g/mol. The number of hydrogen-bond donors (Lipinski definition) is 2. The Morgan fingerprint density at radius 2 is 1.79 bits per heavy atom. The Bertz CT molecular complexity index is 587. The molecule has 2 rings (SSSR count). The maximum Gasteiger partial charge on any atom is 0.490 e. The van der Waals surface area contributed by atoms with E-state index in [0.717, 1.165) is 12.1 Å². The predicted molar refractivity (Wildman–Crippen MR) is 64.5 cm³/mol. The van der Waals surface area contributed by atoms with Gasteiger partial charge in [0.2, 0.25) is 0 Å². The largest absolute Gasteiger partial charge is 0.490 e. The molecule has 98 valence electrons. The molecule has 0 radical (unpaired) electrons. The molecule has 0 fully saturated rings. The Morgan fingerprint density at radius 3 is 2.42 bits per heavy atom. The Balaban J connectivity index is 2.54. The third kappa shape index (κ3) is 2.94. The number of pyridine rings is 1. The quantitative estimate of drug-likeness (QED) is 0.809. The van der Waals surface area contributed by atoms with E-state index >= 15 is 0 Å². The Morgan fingerprint density at radius 1 is 1.05 bits per heavy atom. The molecule has 0 spiro atoms. The van der Waals surface area contributed by atoms with E-state index in [1.54, 1.807) is 0 Å². The lowest BCUT2D eigenvalue weighted by molar-refractivity contribution is -0.137. The summed E-state index contributed by atoms with van der Waals surface area (Å²) in [6.07, 6.45) is -3.08. The average Bonchev–Trinajstić information content (AvgIpc) is 2.38. The van der Waals surface area contributed by atoms with Gasteiger partial charge in [-0.3, -0.25) is 4.98 Å². The molecule has 0 unspecified atom stereocenters. The highest BCUT2D eigenvalue weighted by Crippen LogP contribution is 2.31. The molecule has 3 nitrogen and oxygen atoms in total. The number of nitrogens with zero attached hydrogens (tertiary/aromatic N) is 1. The van der Waals surface area contributed by atoms with E-state index in [1.807, 2.05) is 0 Å². The van der Waals surface area contributed by atoms with Crippen molar-refractivity contribution in [3.63, 3.8) is 0 Å². The second-order valence-corrected chi connectivity index (χ2v) is 3.89. The second-order valence-electron chi connectivity index (χ2n) is 3.89. The molecule has 0 aliphatic heterocycles. The zero-order chi connectivity index (χ0) is 14.0. The van der Waals surface area contributed by atoms with E-state index < -0.39 is 18.9 Å². The van der Waals surface area contributed by atoms with Gasteiger partial charge in [0.1, 0.15) is 0 Å². The van der Waals surface area contributed by atoms with Crippen LogP contribution >= 0.6 is 0 Å². The van der Waals surface area contributed by atoms with Gasteiger partial charge in [-0.15, -0.1) is 0 Å². The standard InChI is InChI=1S/C12H9BF3NO2/c14-12(15,16)9-4-1-3-8(7-9)11-10(13(18)19)5-2-6-17-11/h1-7,18-19H. The normalized spacial score (nSPS) is 11.4. The van der Waals surface area contributed by atoms with Crippen molar-refractivity contribution in [2.45, 2.75) is 6.18 Å². The van der Waals surface area contributed by atoms with Crippen LogP contribution < -0.4 is 5.46 Å². The van der Waals surface area contributed by atoms with Crippen molar-refractivity contribution in [3.05, 3.63) is 48.2 Å². The fourth-order valence-electron chi connectivity index (χ4n) is 1.71. The number of aromatic nitrogens is 1. The first-order valence-electron chi connectivity index (χ1n) is 5.38. The molecular formula is C12H9BF3NO2. The topological polar surface area (TPSA) is 53.4 Å². The summed E-state index contributed by atoms with van der Waals surface area (Å²) in [6, 6.07) is 7.43. The molecule has 1 aromatic carbocycles. The Labute approximate surface area is 107 Å². The van der Waals surface area contributed by atoms with Gasteiger partial charge in [0.05, 0.1) is 11.3 Å². The van der Waals surface area contributed by atoms with Gasteiger partial charge in [-0.25, -0.2) is 0 Å². The minimum Gasteiger partial charge on any atom is -0.423 e. The molecule has 7 heteroatoms. The van der Waals surface area contributed by atoms with Crippen LogP contribution in [-0.4, -0.2) is 22.2 Å². The smallest absolute Gasteiger partial charge is 0.423 e. The van der Waals surface area contributed by atoms with Gasteiger partial charge in [0.15, 0.2) is 0 Å². The van der Waals surface area contributed by atoms with Crippen LogP contribution in [0.4, 0.5) is 13.2 Å². The molecule has 2 N–H and O–H groups in total. The third-order valence-electron chi connectivity index (χ3n) is 2.58. The van der Waals surface area contributed by atoms with Gasteiger partial charge in [-0.05, 0) is 18.2 Å². The molecule has 0 aliphatic rings. The first kappa shape index (κ1) is 13.6. The number of alkyl halides is 3. The summed E-state index contributed by atoms with van der Waals surface area (Å²) in [4.78, 5) is 3.91. The molecule has 0 atom stereocenters. The summed E-state index contributed by atoms with van der Waals surface area (Å²) in [7, 11) is -1.79. The number of benzene rings is 1. The van der Waals surface area contributed by atoms with E-state index in [0.29, 0.717) is 0 Å². The van der Waals surface area contributed by atoms with Gasteiger partial charge in [0.25, 0.3) is 0 Å². The van der Waals surface area contributed by atoms with Gasteiger partial charge in [0, 0.05) is 17.2 Å². The monoisotopic (exact) mass is 267 g/mol. The van der Waals surface area contributed by atoms with Crippen molar-refractivity contribution in [1.29, 1.82) is 0 Å². The maximum absolute atomic E-state index is 12.6. The molecule has 0 amide bonds. The highest BCUT2D eigenvalue weighted by Gasteiger charge is 2.31. The van der Waals surface area contributed by atoms with Gasteiger partial charge >= 0.3 is 13.3 Å². The van der Waals surface area contributed by atoms with Crippen LogP contribution in [0, 0.1) is 0 Å². The minimum absolute atomic E-state index is 0.0572.